The predicted octanol–water partition coefficient (Wildman–Crippen LogP) is 1.94. The lowest BCUT2D eigenvalue weighted by Crippen LogP contribution is -2.57. The van der Waals surface area contributed by atoms with Crippen LogP contribution in [0.25, 0.3) is 0 Å². The molecular formula is C14H25F3O7S. The van der Waals surface area contributed by atoms with Gasteiger partial charge in [-0.15, -0.1) is 0 Å². The number of unbranched alkanes of at least 4 members (excludes halogenated alkanes) is 2. The Morgan fingerprint density at radius 1 is 1.08 bits per heavy atom. The fourth-order valence-electron chi connectivity index (χ4n) is 2.16. The van der Waals surface area contributed by atoms with E-state index < -0.39 is 46.8 Å². The minimum atomic E-state index is -5.82. The Morgan fingerprint density at radius 3 is 2.08 bits per heavy atom. The number of rotatable bonds is 10. The molecule has 1 heterocycles. The van der Waals surface area contributed by atoms with Crippen molar-refractivity contribution in [3.05, 3.63) is 0 Å². The van der Waals surface area contributed by atoms with Crippen molar-refractivity contribution in [2.24, 2.45) is 0 Å². The molecule has 1 aliphatic heterocycles. The number of alkyl halides is 3. The molecule has 0 radical (unpaired) electrons. The summed E-state index contributed by atoms with van der Waals surface area (Å²) in [6, 6.07) is 0. The highest BCUT2D eigenvalue weighted by Crippen LogP contribution is 2.30. The Balaban J connectivity index is 2.91. The Hall–Kier alpha value is -0.460. The molecule has 0 amide bonds. The lowest BCUT2D eigenvalue weighted by molar-refractivity contribution is -0.270. The van der Waals surface area contributed by atoms with Gasteiger partial charge in [0.2, 0.25) is 0 Å². The zero-order valence-corrected chi connectivity index (χ0v) is 15.0. The average molecular weight is 394 g/mol. The van der Waals surface area contributed by atoms with Crippen LogP contribution in [0.5, 0.6) is 0 Å². The molecule has 1 aliphatic rings. The van der Waals surface area contributed by atoms with Gasteiger partial charge in [-0.05, 0) is 12.8 Å². The van der Waals surface area contributed by atoms with Gasteiger partial charge in [-0.1, -0.05) is 26.7 Å². The number of hydrogen-bond donors (Lipinski definition) is 1. The number of halogens is 3. The molecule has 4 atom stereocenters. The molecule has 0 aromatic rings. The smallest absolute Gasteiger partial charge is 0.372 e. The van der Waals surface area contributed by atoms with Gasteiger partial charge in [0.05, 0.1) is 6.61 Å². The van der Waals surface area contributed by atoms with Crippen LogP contribution >= 0.6 is 0 Å². The van der Waals surface area contributed by atoms with E-state index >= 15 is 0 Å². The quantitative estimate of drug-likeness (QED) is 0.344. The molecular weight excluding hydrogens is 369 g/mol. The summed E-state index contributed by atoms with van der Waals surface area (Å²) in [6.45, 7) is 3.61. The van der Waals surface area contributed by atoms with E-state index in [9.17, 15) is 26.7 Å². The summed E-state index contributed by atoms with van der Waals surface area (Å²) in [6.07, 6.45) is -2.55. The molecule has 0 unspecified atom stereocenters. The minimum absolute atomic E-state index is 0.160. The maximum absolute atomic E-state index is 12.6. The summed E-state index contributed by atoms with van der Waals surface area (Å²) in [5.41, 5.74) is -5.56. The van der Waals surface area contributed by atoms with Crippen molar-refractivity contribution in [2.75, 3.05) is 19.8 Å². The largest absolute Gasteiger partial charge is 0.523 e. The summed E-state index contributed by atoms with van der Waals surface area (Å²) < 4.78 is 80.4. The van der Waals surface area contributed by atoms with Crippen LogP contribution in [0.4, 0.5) is 13.2 Å². The molecule has 0 aliphatic carbocycles. The van der Waals surface area contributed by atoms with Gasteiger partial charge in [0.15, 0.2) is 6.29 Å². The van der Waals surface area contributed by atoms with Crippen LogP contribution in [-0.2, 0) is 28.5 Å². The monoisotopic (exact) mass is 394 g/mol. The van der Waals surface area contributed by atoms with Crippen molar-refractivity contribution in [1.29, 1.82) is 0 Å². The third-order valence-corrected chi connectivity index (χ3v) is 4.62. The number of ether oxygens (including phenoxy) is 3. The molecule has 7 nitrogen and oxygen atoms in total. The van der Waals surface area contributed by atoms with Crippen LogP contribution in [0.1, 0.15) is 39.5 Å². The maximum Gasteiger partial charge on any atom is 0.523 e. The molecule has 0 saturated carbocycles. The third kappa shape index (κ3) is 6.65. The first-order valence-corrected chi connectivity index (χ1v) is 9.57. The summed E-state index contributed by atoms with van der Waals surface area (Å²) in [4.78, 5) is 0. The van der Waals surface area contributed by atoms with Crippen LogP contribution < -0.4 is 0 Å². The van der Waals surface area contributed by atoms with Gasteiger partial charge in [-0.25, -0.2) is 0 Å². The molecule has 1 saturated heterocycles. The van der Waals surface area contributed by atoms with Crippen molar-refractivity contribution in [3.8, 4) is 0 Å². The van der Waals surface area contributed by atoms with Gasteiger partial charge < -0.3 is 19.3 Å². The van der Waals surface area contributed by atoms with Crippen molar-refractivity contribution in [3.63, 3.8) is 0 Å². The summed E-state index contributed by atoms with van der Waals surface area (Å²) >= 11 is 0. The summed E-state index contributed by atoms with van der Waals surface area (Å²) in [7, 11) is -5.82. The van der Waals surface area contributed by atoms with Gasteiger partial charge in [-0.3, -0.25) is 4.18 Å². The lowest BCUT2D eigenvalue weighted by atomic mass is 10.0. The van der Waals surface area contributed by atoms with Crippen LogP contribution in [-0.4, -0.2) is 63.5 Å². The molecule has 1 fully saturated rings. The van der Waals surface area contributed by atoms with Crippen molar-refractivity contribution in [2.45, 2.75) is 69.6 Å². The van der Waals surface area contributed by atoms with Crippen molar-refractivity contribution < 1.29 is 45.1 Å². The number of hydrogen-bond acceptors (Lipinski definition) is 7. The zero-order chi connectivity index (χ0) is 19.1. The fraction of sp³-hybridized carbons (Fsp3) is 1.00. The summed E-state index contributed by atoms with van der Waals surface area (Å²) in [5.74, 6) is 0. The zero-order valence-electron chi connectivity index (χ0n) is 14.2. The van der Waals surface area contributed by atoms with Crippen molar-refractivity contribution in [1.82, 2.24) is 0 Å². The van der Waals surface area contributed by atoms with E-state index in [1.165, 1.54) is 0 Å². The second-order valence-electron chi connectivity index (χ2n) is 5.64. The number of aliphatic hydroxyl groups excluding tert-OH is 1. The van der Waals surface area contributed by atoms with Gasteiger partial charge in [0.25, 0.3) is 0 Å². The second kappa shape index (κ2) is 10.0. The first-order valence-electron chi connectivity index (χ1n) is 8.16. The molecule has 0 aromatic heterocycles. The van der Waals surface area contributed by atoms with E-state index in [4.69, 9.17) is 14.2 Å². The minimum Gasteiger partial charge on any atom is -0.372 e. The van der Waals surface area contributed by atoms with E-state index in [2.05, 4.69) is 4.18 Å². The Morgan fingerprint density at radius 2 is 1.60 bits per heavy atom. The van der Waals surface area contributed by atoms with E-state index in [1.54, 1.807) is 0 Å². The van der Waals surface area contributed by atoms with Crippen LogP contribution in [0.2, 0.25) is 0 Å². The standard InChI is InChI=1S/C14H25F3O7S/c1-3-5-7-21-11-10(24-25(19,20)14(15,16)17)9-23-13(18)12(11)22-8-6-4-2/h10-13,18H,3-9H2,1-2H3/t10-,11-,12+,13-/m1/s1. The van der Waals surface area contributed by atoms with Crippen molar-refractivity contribution >= 4 is 10.1 Å². The molecule has 11 heteroatoms. The van der Waals surface area contributed by atoms with Gasteiger partial charge in [-0.2, -0.15) is 21.6 Å². The van der Waals surface area contributed by atoms with E-state index in [0.29, 0.717) is 12.8 Å². The maximum atomic E-state index is 12.6. The highest BCUT2D eigenvalue weighted by Gasteiger charge is 2.52. The Kier molecular flexibility index (Phi) is 9.05. The topological polar surface area (TPSA) is 91.3 Å². The van der Waals surface area contributed by atoms with Crippen LogP contribution in [0.15, 0.2) is 0 Å². The summed E-state index contributed by atoms with van der Waals surface area (Å²) in [5, 5.41) is 9.92. The molecule has 0 aromatic carbocycles. The molecule has 150 valence electrons. The molecule has 25 heavy (non-hydrogen) atoms. The third-order valence-electron chi connectivity index (χ3n) is 3.55. The molecule has 1 N–H and O–H groups in total. The van der Waals surface area contributed by atoms with E-state index in [-0.39, 0.29) is 13.2 Å². The molecule has 0 spiro atoms. The fourth-order valence-corrected chi connectivity index (χ4v) is 2.76. The second-order valence-corrected chi connectivity index (χ2v) is 7.20. The van der Waals surface area contributed by atoms with E-state index in [0.717, 1.165) is 12.8 Å². The molecule has 0 bridgehead atoms. The Bertz CT molecular complexity index is 483. The average Bonchev–Trinajstić information content (AvgIpc) is 2.51. The highest BCUT2D eigenvalue weighted by atomic mass is 32.2. The molecule has 1 rings (SSSR count). The number of aliphatic hydroxyl groups is 1. The van der Waals surface area contributed by atoms with Gasteiger partial charge in [0, 0.05) is 13.2 Å². The van der Waals surface area contributed by atoms with Gasteiger partial charge in [0.1, 0.15) is 18.3 Å². The predicted molar refractivity (Wildman–Crippen MR) is 81.1 cm³/mol. The highest BCUT2D eigenvalue weighted by molar-refractivity contribution is 7.87. The SMILES string of the molecule is CCCCO[C@H]1[C@H](OCCCC)[C@H](OS(=O)(=O)C(F)(F)F)CO[C@H]1O. The Labute approximate surface area is 145 Å². The normalized spacial score (nSPS) is 28.2. The van der Waals surface area contributed by atoms with Crippen LogP contribution in [0.3, 0.4) is 0 Å². The van der Waals surface area contributed by atoms with Crippen LogP contribution in [0, 0.1) is 0 Å². The lowest BCUT2D eigenvalue weighted by Gasteiger charge is -2.39. The van der Waals surface area contributed by atoms with Gasteiger partial charge >= 0.3 is 15.6 Å². The first-order chi connectivity index (χ1) is 11.6. The van der Waals surface area contributed by atoms with E-state index in [1.807, 2.05) is 13.8 Å². The first kappa shape index (κ1) is 22.6.